The van der Waals surface area contributed by atoms with Crippen LogP contribution in [0.1, 0.15) is 110 Å². The highest BCUT2D eigenvalue weighted by Gasteiger charge is 2.05. The fraction of sp³-hybridized carbons (Fsp3) is 0.760. The maximum atomic E-state index is 11.9. The number of hydrogen-bond donors (Lipinski definition) is 0. The van der Waals surface area contributed by atoms with Crippen LogP contribution in [0.4, 0.5) is 0 Å². The van der Waals surface area contributed by atoms with Crippen LogP contribution in [0, 0.1) is 0 Å². The van der Waals surface area contributed by atoms with Gasteiger partial charge in [-0.2, -0.15) is 0 Å². The maximum absolute atomic E-state index is 11.9. The molecule has 0 radical (unpaired) electrons. The van der Waals surface area contributed by atoms with Crippen molar-refractivity contribution in [2.45, 2.75) is 116 Å². The molecule has 0 spiro atoms. The Hall–Kier alpha value is -0.100. The van der Waals surface area contributed by atoms with Crippen LogP contribution in [-0.2, 0) is 11.3 Å². The first kappa shape index (κ1) is 28.9. The van der Waals surface area contributed by atoms with Crippen LogP contribution in [0.25, 0.3) is 0 Å². The molecule has 4 heteroatoms. The first-order valence-corrected chi connectivity index (χ1v) is 12.9. The van der Waals surface area contributed by atoms with Crippen molar-refractivity contribution in [1.29, 1.82) is 0 Å². The highest BCUT2D eigenvalue weighted by atomic mass is 127. The smallest absolute Gasteiger partial charge is 0.189 e. The van der Waals surface area contributed by atoms with Crippen molar-refractivity contribution in [2.75, 3.05) is 5.75 Å². The Balaban J connectivity index is 0.00000784. The SMILES string of the molecule is CCCCCCCCCCCCCCCCCC(=O)SCC[n+]1ccccc1.[I-]. The van der Waals surface area contributed by atoms with E-state index in [4.69, 9.17) is 0 Å². The van der Waals surface area contributed by atoms with E-state index in [9.17, 15) is 4.79 Å². The Morgan fingerprint density at radius 2 is 1.14 bits per heavy atom. The first-order chi connectivity index (χ1) is 13.8. The van der Waals surface area contributed by atoms with E-state index in [1.165, 1.54) is 102 Å². The van der Waals surface area contributed by atoms with Crippen LogP contribution in [0.3, 0.4) is 0 Å². The predicted octanol–water partition coefficient (Wildman–Crippen LogP) is 4.50. The van der Waals surface area contributed by atoms with Crippen molar-refractivity contribution in [2.24, 2.45) is 0 Å². The third-order valence-electron chi connectivity index (χ3n) is 5.37. The first-order valence-electron chi connectivity index (χ1n) is 11.9. The van der Waals surface area contributed by atoms with Gasteiger partial charge < -0.3 is 24.0 Å². The molecule has 0 aromatic carbocycles. The topological polar surface area (TPSA) is 20.9 Å². The van der Waals surface area contributed by atoms with Gasteiger partial charge in [0.1, 0.15) is 0 Å². The van der Waals surface area contributed by atoms with E-state index in [1.807, 2.05) is 18.2 Å². The van der Waals surface area contributed by atoms with Crippen LogP contribution >= 0.6 is 11.8 Å². The van der Waals surface area contributed by atoms with E-state index in [0.29, 0.717) is 5.12 Å². The van der Waals surface area contributed by atoms with Crippen molar-refractivity contribution >= 4 is 16.9 Å². The number of thioether (sulfide) groups is 1. The predicted molar refractivity (Wildman–Crippen MR) is 124 cm³/mol. The summed E-state index contributed by atoms with van der Waals surface area (Å²) in [6, 6.07) is 6.08. The summed E-state index contributed by atoms with van der Waals surface area (Å²) in [7, 11) is 0. The lowest BCUT2D eigenvalue weighted by molar-refractivity contribution is -0.692. The number of aromatic nitrogens is 1. The van der Waals surface area contributed by atoms with Gasteiger partial charge in [0.05, 0.1) is 5.75 Å². The number of pyridine rings is 1. The summed E-state index contributed by atoms with van der Waals surface area (Å²) in [5, 5.41) is 0.367. The van der Waals surface area contributed by atoms with Gasteiger partial charge in [-0.15, -0.1) is 0 Å². The summed E-state index contributed by atoms with van der Waals surface area (Å²) in [6.07, 6.45) is 25.4. The van der Waals surface area contributed by atoms with E-state index in [1.54, 1.807) is 0 Å². The molecule has 1 aromatic rings. The fourth-order valence-electron chi connectivity index (χ4n) is 3.56. The summed E-state index contributed by atoms with van der Waals surface area (Å²) in [6.45, 7) is 3.20. The summed E-state index contributed by atoms with van der Waals surface area (Å²) in [4.78, 5) is 11.9. The van der Waals surface area contributed by atoms with E-state index in [0.717, 1.165) is 25.1 Å². The highest BCUT2D eigenvalue weighted by molar-refractivity contribution is 8.13. The quantitative estimate of drug-likeness (QED) is 0.148. The van der Waals surface area contributed by atoms with Gasteiger partial charge in [0.15, 0.2) is 24.1 Å². The number of halogens is 1. The van der Waals surface area contributed by atoms with Crippen LogP contribution in [-0.4, -0.2) is 10.9 Å². The van der Waals surface area contributed by atoms with Gasteiger partial charge in [0, 0.05) is 18.6 Å². The number of unbranched alkanes of at least 4 members (excludes halogenated alkanes) is 14. The number of aryl methyl sites for hydroxylation is 1. The minimum atomic E-state index is 0. The molecule has 1 aromatic heterocycles. The minimum Gasteiger partial charge on any atom is -1.00 e. The van der Waals surface area contributed by atoms with Crippen LogP contribution < -0.4 is 28.5 Å². The van der Waals surface area contributed by atoms with Crippen molar-refractivity contribution in [3.63, 3.8) is 0 Å². The van der Waals surface area contributed by atoms with Gasteiger partial charge in [0.25, 0.3) is 0 Å². The number of carbonyl (C=O) groups excluding carboxylic acids is 1. The molecule has 0 aliphatic rings. The summed E-state index contributed by atoms with van der Waals surface area (Å²) >= 11 is 1.50. The van der Waals surface area contributed by atoms with E-state index in [2.05, 4.69) is 23.9 Å². The van der Waals surface area contributed by atoms with Crippen LogP contribution in [0.15, 0.2) is 30.6 Å². The van der Waals surface area contributed by atoms with Gasteiger partial charge in [-0.3, -0.25) is 4.79 Å². The van der Waals surface area contributed by atoms with Crippen molar-refractivity contribution < 1.29 is 33.3 Å². The summed E-state index contributed by atoms with van der Waals surface area (Å²) in [5.74, 6) is 0.881. The van der Waals surface area contributed by atoms with Crippen molar-refractivity contribution in [3.8, 4) is 0 Å². The molecule has 2 nitrogen and oxygen atoms in total. The van der Waals surface area contributed by atoms with Crippen LogP contribution in [0.2, 0.25) is 0 Å². The average Bonchev–Trinajstić information content (AvgIpc) is 2.71. The number of rotatable bonds is 19. The number of carbonyl (C=O) groups is 1. The van der Waals surface area contributed by atoms with Crippen LogP contribution in [0.5, 0.6) is 0 Å². The van der Waals surface area contributed by atoms with E-state index in [-0.39, 0.29) is 24.0 Å². The molecule has 0 fully saturated rings. The third kappa shape index (κ3) is 19.6. The average molecular weight is 534 g/mol. The Morgan fingerprint density at radius 1 is 0.690 bits per heavy atom. The van der Waals surface area contributed by atoms with Gasteiger partial charge in [-0.25, -0.2) is 4.57 Å². The number of hydrogen-bond acceptors (Lipinski definition) is 2. The Kier molecular flexibility index (Phi) is 22.5. The van der Waals surface area contributed by atoms with Crippen molar-refractivity contribution in [3.05, 3.63) is 30.6 Å². The zero-order chi connectivity index (χ0) is 20.1. The van der Waals surface area contributed by atoms with E-state index < -0.39 is 0 Å². The molecule has 168 valence electrons. The molecule has 0 unspecified atom stereocenters. The summed E-state index contributed by atoms with van der Waals surface area (Å²) < 4.78 is 2.13. The molecule has 0 N–H and O–H groups in total. The van der Waals surface area contributed by atoms with E-state index >= 15 is 0 Å². The Bertz CT molecular complexity index is 469. The molecule has 0 bridgehead atoms. The normalized spacial score (nSPS) is 10.7. The molecule has 1 heterocycles. The number of nitrogens with zero attached hydrogens (tertiary/aromatic N) is 1. The molecular weight excluding hydrogens is 489 g/mol. The molecule has 0 aliphatic carbocycles. The summed E-state index contributed by atoms with van der Waals surface area (Å²) in [5.41, 5.74) is 0. The van der Waals surface area contributed by atoms with Gasteiger partial charge >= 0.3 is 0 Å². The molecular formula is C25H44INOS. The second-order valence-corrected chi connectivity index (χ2v) is 9.19. The zero-order valence-corrected chi connectivity index (χ0v) is 21.7. The largest absolute Gasteiger partial charge is 1.00 e. The van der Waals surface area contributed by atoms with Gasteiger partial charge in [-0.05, 0) is 6.42 Å². The Labute approximate surface area is 202 Å². The molecule has 0 saturated carbocycles. The second kappa shape index (κ2) is 22.6. The van der Waals surface area contributed by atoms with Gasteiger partial charge in [0.2, 0.25) is 0 Å². The monoisotopic (exact) mass is 533 g/mol. The highest BCUT2D eigenvalue weighted by Crippen LogP contribution is 2.15. The fourth-order valence-corrected chi connectivity index (χ4v) is 4.38. The van der Waals surface area contributed by atoms with Gasteiger partial charge in [-0.1, -0.05) is 115 Å². The van der Waals surface area contributed by atoms with Crippen molar-refractivity contribution in [1.82, 2.24) is 0 Å². The molecule has 29 heavy (non-hydrogen) atoms. The molecule has 0 aliphatic heterocycles. The third-order valence-corrected chi connectivity index (χ3v) is 6.29. The second-order valence-electron chi connectivity index (χ2n) is 8.03. The lowest BCUT2D eigenvalue weighted by Gasteiger charge is -2.03. The molecule has 0 atom stereocenters. The minimum absolute atomic E-state index is 0. The lowest BCUT2D eigenvalue weighted by Crippen LogP contribution is -3.00. The maximum Gasteiger partial charge on any atom is 0.189 e. The standard InChI is InChI=1S/C25H44NOS.HI/c1-2-3-4-5-6-7-8-9-10-11-12-13-14-15-17-20-25(27)28-24-23-26-21-18-16-19-22-26;/h16,18-19,21-22H,2-15,17,20,23-24H2,1H3;1H/q+1;/p-1. The molecule has 0 saturated heterocycles. The molecule has 1 rings (SSSR count). The molecule has 0 amide bonds. The lowest BCUT2D eigenvalue weighted by atomic mass is 10.0. The Morgan fingerprint density at radius 3 is 1.62 bits per heavy atom. The zero-order valence-electron chi connectivity index (χ0n) is 18.8.